The largest absolute Gasteiger partial charge is 0.514 e. The van der Waals surface area contributed by atoms with E-state index in [9.17, 15) is 19.2 Å². The zero-order valence-electron chi connectivity index (χ0n) is 26.8. The Kier molecular flexibility index (Phi) is 13.8. The van der Waals surface area contributed by atoms with Gasteiger partial charge in [0.2, 0.25) is 0 Å². The molecule has 11 nitrogen and oxygen atoms in total. The summed E-state index contributed by atoms with van der Waals surface area (Å²) >= 11 is 0. The van der Waals surface area contributed by atoms with E-state index in [1.54, 1.807) is 40.7 Å². The minimum absolute atomic E-state index is 0.0350. The molecule has 0 bridgehead atoms. The maximum absolute atomic E-state index is 12.8. The van der Waals surface area contributed by atoms with Crippen LogP contribution in [0.5, 0.6) is 11.5 Å². The molecule has 238 valence electrons. The summed E-state index contributed by atoms with van der Waals surface area (Å²) in [4.78, 5) is 50.2. The predicted octanol–water partition coefficient (Wildman–Crippen LogP) is 6.27. The molecular weight excluding hydrogens is 546 g/mol. The quantitative estimate of drug-likeness (QED) is 0.139. The van der Waals surface area contributed by atoms with E-state index in [4.69, 9.17) is 34.2 Å². The van der Waals surface area contributed by atoms with Gasteiger partial charge in [0.1, 0.15) is 22.8 Å². The van der Waals surface area contributed by atoms with Crippen LogP contribution < -0.4 is 15.2 Å². The average Bonchev–Trinajstić information content (AvgIpc) is 2.87. The van der Waals surface area contributed by atoms with Crippen molar-refractivity contribution in [2.45, 2.75) is 124 Å². The van der Waals surface area contributed by atoms with Crippen molar-refractivity contribution in [2.24, 2.45) is 11.7 Å². The third-order valence-corrected chi connectivity index (χ3v) is 6.84. The van der Waals surface area contributed by atoms with E-state index in [2.05, 4.69) is 0 Å². The Balaban J connectivity index is 3.30. The highest BCUT2D eigenvalue weighted by Gasteiger charge is 2.38. The van der Waals surface area contributed by atoms with Crippen LogP contribution in [0.25, 0.3) is 0 Å². The predicted molar refractivity (Wildman–Crippen MR) is 156 cm³/mol. The van der Waals surface area contributed by atoms with E-state index in [0.717, 1.165) is 0 Å². The van der Waals surface area contributed by atoms with Crippen LogP contribution in [0.3, 0.4) is 0 Å². The topological polar surface area (TPSA) is 150 Å². The normalized spacial score (nSPS) is 13.9. The lowest BCUT2D eigenvalue weighted by molar-refractivity contribution is -0.155. The van der Waals surface area contributed by atoms with Gasteiger partial charge in [-0.3, -0.25) is 9.59 Å². The summed E-state index contributed by atoms with van der Waals surface area (Å²) in [5.41, 5.74) is 3.80. The Labute approximate surface area is 249 Å². The molecule has 0 aliphatic heterocycles. The number of hydrogen-bond donors (Lipinski definition) is 1. The fourth-order valence-electron chi connectivity index (χ4n) is 3.68. The number of benzene rings is 1. The molecule has 0 heterocycles. The van der Waals surface area contributed by atoms with Gasteiger partial charge in [0.05, 0.1) is 7.11 Å². The first kappa shape index (κ1) is 36.7. The number of hydrogen-bond acceptors (Lipinski definition) is 11. The van der Waals surface area contributed by atoms with Crippen LogP contribution in [0.4, 0.5) is 9.59 Å². The maximum atomic E-state index is 12.8. The van der Waals surface area contributed by atoms with Gasteiger partial charge in [-0.05, 0) is 77.5 Å². The molecule has 0 radical (unpaired) electrons. The number of carbonyl (C=O) groups is 4. The summed E-state index contributed by atoms with van der Waals surface area (Å²) in [7, 11) is 1.21. The van der Waals surface area contributed by atoms with E-state index in [0.29, 0.717) is 30.7 Å². The first-order valence-corrected chi connectivity index (χ1v) is 14.4. The number of rotatable bonds is 15. The van der Waals surface area contributed by atoms with Gasteiger partial charge in [0, 0.05) is 19.3 Å². The fourth-order valence-corrected chi connectivity index (χ4v) is 3.68. The van der Waals surface area contributed by atoms with Gasteiger partial charge in [-0.15, -0.1) is 0 Å². The average molecular weight is 596 g/mol. The molecular formula is C31H49NO10. The summed E-state index contributed by atoms with van der Waals surface area (Å²) in [6.07, 6.45) is -0.802. The molecule has 1 unspecified atom stereocenters. The Morgan fingerprint density at radius 2 is 1.38 bits per heavy atom. The van der Waals surface area contributed by atoms with E-state index in [1.807, 2.05) is 27.7 Å². The molecule has 0 saturated heterocycles. The third-order valence-electron chi connectivity index (χ3n) is 6.84. The second-order valence-corrected chi connectivity index (χ2v) is 12.2. The van der Waals surface area contributed by atoms with E-state index in [1.165, 1.54) is 19.2 Å². The summed E-state index contributed by atoms with van der Waals surface area (Å²) in [6, 6.07) is 4.37. The zero-order chi connectivity index (χ0) is 32.3. The summed E-state index contributed by atoms with van der Waals surface area (Å²) in [5, 5.41) is 0. The number of nitrogens with two attached hydrogens (primary N) is 1. The Morgan fingerprint density at radius 3 is 1.86 bits per heavy atom. The smallest absolute Gasteiger partial charge is 0.468 e. The highest BCUT2D eigenvalue weighted by molar-refractivity contribution is 5.81. The highest BCUT2D eigenvalue weighted by Crippen LogP contribution is 2.33. The van der Waals surface area contributed by atoms with Crippen LogP contribution in [0.15, 0.2) is 18.2 Å². The van der Waals surface area contributed by atoms with Gasteiger partial charge in [0.25, 0.3) is 0 Å². The first-order chi connectivity index (χ1) is 19.3. The van der Waals surface area contributed by atoms with Crippen LogP contribution in [0.2, 0.25) is 0 Å². The number of esters is 2. The second-order valence-electron chi connectivity index (χ2n) is 12.2. The minimum atomic E-state index is -1.60. The second kappa shape index (κ2) is 15.8. The van der Waals surface area contributed by atoms with Crippen LogP contribution in [-0.2, 0) is 35.0 Å². The fraction of sp³-hybridized carbons (Fsp3) is 0.677. The molecule has 1 aromatic rings. The molecule has 11 heteroatoms. The Hall–Kier alpha value is -3.34. The lowest BCUT2D eigenvalue weighted by atomic mass is 9.86. The summed E-state index contributed by atoms with van der Waals surface area (Å²) in [6.45, 7) is 16.3. The lowest BCUT2D eigenvalue weighted by Gasteiger charge is -2.29. The highest BCUT2D eigenvalue weighted by atomic mass is 16.8. The van der Waals surface area contributed by atoms with Crippen LogP contribution >= 0.6 is 0 Å². The van der Waals surface area contributed by atoms with Crippen molar-refractivity contribution in [1.29, 1.82) is 0 Å². The van der Waals surface area contributed by atoms with Gasteiger partial charge < -0.3 is 34.2 Å². The number of methoxy groups -OCH3 is 1. The molecule has 0 amide bonds. The van der Waals surface area contributed by atoms with Gasteiger partial charge in [-0.2, -0.15) is 0 Å². The van der Waals surface area contributed by atoms with Gasteiger partial charge in [-0.1, -0.05) is 33.8 Å². The molecule has 1 rings (SSSR count). The number of carbonyl (C=O) groups excluding carboxylic acids is 4. The molecule has 0 aromatic heterocycles. The van der Waals surface area contributed by atoms with Crippen molar-refractivity contribution < 1.29 is 47.6 Å². The van der Waals surface area contributed by atoms with E-state index >= 15 is 0 Å². The molecule has 2 atom stereocenters. The molecule has 0 aliphatic carbocycles. The zero-order valence-corrected chi connectivity index (χ0v) is 26.8. The SMILES string of the molecule is CCC(C)(C)OC(=O)Oc1ccc(C[C@](N)(CC(C)OC(=O)CCC(C)C)C(=O)OC)cc1OC(=O)OC(C)(C)CC. The molecule has 0 aliphatic rings. The molecule has 0 spiro atoms. The van der Waals surface area contributed by atoms with Crippen LogP contribution in [0.1, 0.15) is 100.0 Å². The lowest BCUT2D eigenvalue weighted by Crippen LogP contribution is -2.53. The molecule has 42 heavy (non-hydrogen) atoms. The molecule has 0 saturated carbocycles. The van der Waals surface area contributed by atoms with E-state index < -0.39 is 41.1 Å². The standard InChI is InChI=1S/C31H49NO10/c1-11-29(6,7)41-27(35)39-23-15-14-22(17-24(23)40-28(36)42-30(8,9)12-2)19-31(32,26(34)37-10)18-21(5)38-25(33)16-13-20(3)4/h14-15,17,20-21H,11-13,16,18-19,32H2,1-10H3/t21?,31-/m1/s1. The van der Waals surface area contributed by atoms with E-state index in [-0.39, 0.29) is 36.7 Å². The molecule has 2 N–H and O–H groups in total. The monoisotopic (exact) mass is 595 g/mol. The van der Waals surface area contributed by atoms with Crippen molar-refractivity contribution in [3.8, 4) is 11.5 Å². The van der Waals surface area contributed by atoms with Crippen molar-refractivity contribution in [2.75, 3.05) is 7.11 Å². The van der Waals surface area contributed by atoms with Gasteiger partial charge in [-0.25, -0.2) is 9.59 Å². The molecule has 1 aromatic carbocycles. The molecule has 0 fully saturated rings. The first-order valence-electron chi connectivity index (χ1n) is 14.4. The summed E-state index contributed by atoms with van der Waals surface area (Å²) in [5.74, 6) is -1.01. The van der Waals surface area contributed by atoms with Crippen molar-refractivity contribution >= 4 is 24.2 Å². The maximum Gasteiger partial charge on any atom is 0.514 e. The summed E-state index contributed by atoms with van der Waals surface area (Å²) < 4.78 is 32.0. The van der Waals surface area contributed by atoms with Gasteiger partial charge >= 0.3 is 24.2 Å². The van der Waals surface area contributed by atoms with Gasteiger partial charge in [0.15, 0.2) is 11.5 Å². The van der Waals surface area contributed by atoms with Crippen LogP contribution in [-0.4, -0.2) is 54.2 Å². The van der Waals surface area contributed by atoms with Crippen LogP contribution in [0, 0.1) is 5.92 Å². The minimum Gasteiger partial charge on any atom is -0.468 e. The van der Waals surface area contributed by atoms with Crippen molar-refractivity contribution in [3.63, 3.8) is 0 Å². The Morgan fingerprint density at radius 1 is 0.857 bits per heavy atom. The van der Waals surface area contributed by atoms with Crippen molar-refractivity contribution in [1.82, 2.24) is 0 Å². The third kappa shape index (κ3) is 12.7. The van der Waals surface area contributed by atoms with Crippen molar-refractivity contribution in [3.05, 3.63) is 23.8 Å². The number of ether oxygens (including phenoxy) is 6. The Bertz CT molecular complexity index is 1080.